The van der Waals surface area contributed by atoms with Crippen molar-refractivity contribution in [2.45, 2.75) is 13.3 Å². The number of aliphatic imine (C=N–C) groups is 2. The van der Waals surface area contributed by atoms with Gasteiger partial charge in [0.05, 0.1) is 19.3 Å². The molecule has 1 N–H and O–H groups in total. The second-order valence-corrected chi connectivity index (χ2v) is 7.18. The summed E-state index contributed by atoms with van der Waals surface area (Å²) in [5, 5.41) is 10.5. The minimum absolute atomic E-state index is 0.0924. The van der Waals surface area contributed by atoms with E-state index in [0.29, 0.717) is 35.8 Å². The molecule has 0 aromatic heterocycles. The molecule has 2 aliphatic rings. The Morgan fingerprint density at radius 3 is 2.86 bits per heavy atom. The third-order valence-corrected chi connectivity index (χ3v) is 4.97. The van der Waals surface area contributed by atoms with Crippen molar-refractivity contribution in [1.82, 2.24) is 0 Å². The molecule has 2 heterocycles. The van der Waals surface area contributed by atoms with Crippen molar-refractivity contribution < 1.29 is 24.1 Å². The van der Waals surface area contributed by atoms with Gasteiger partial charge < -0.3 is 19.3 Å². The van der Waals surface area contributed by atoms with Crippen molar-refractivity contribution in [3.05, 3.63) is 45.9 Å². The number of ether oxygens (including phenoxy) is 3. The maximum atomic E-state index is 12.7. The first-order chi connectivity index (χ1) is 13.5. The fourth-order valence-electron chi connectivity index (χ4n) is 3.23. The van der Waals surface area contributed by atoms with Gasteiger partial charge in [0.15, 0.2) is 28.8 Å². The van der Waals surface area contributed by atoms with Crippen molar-refractivity contribution in [2.75, 3.05) is 13.7 Å². The van der Waals surface area contributed by atoms with Crippen LogP contribution in [0.5, 0.6) is 23.0 Å². The van der Waals surface area contributed by atoms with Crippen LogP contribution in [0.15, 0.2) is 44.8 Å². The van der Waals surface area contributed by atoms with Gasteiger partial charge in [-0.05, 0) is 37.6 Å². The maximum absolute atomic E-state index is 12.7. The lowest BCUT2D eigenvalue weighted by Gasteiger charge is -2.28. The molecule has 1 unspecified atom stereocenters. The van der Waals surface area contributed by atoms with Gasteiger partial charge in [-0.3, -0.25) is 4.79 Å². The van der Waals surface area contributed by atoms with Gasteiger partial charge in [-0.15, -0.1) is 0 Å². The molecule has 0 aliphatic carbocycles. The molecule has 2 aromatic rings. The number of amidine groups is 1. The van der Waals surface area contributed by atoms with Crippen LogP contribution in [0.4, 0.5) is 0 Å². The minimum Gasteiger partial charge on any atom is -0.504 e. The van der Waals surface area contributed by atoms with Crippen LogP contribution in [0.3, 0.4) is 0 Å². The van der Waals surface area contributed by atoms with E-state index >= 15 is 0 Å². The van der Waals surface area contributed by atoms with Gasteiger partial charge in [0.1, 0.15) is 5.92 Å². The zero-order valence-corrected chi connectivity index (χ0v) is 16.8. The second-order valence-electron chi connectivity index (χ2n) is 6.26. The molecule has 1 amide bonds. The molecule has 0 fully saturated rings. The second kappa shape index (κ2) is 7.27. The van der Waals surface area contributed by atoms with E-state index in [2.05, 4.69) is 25.9 Å². The summed E-state index contributed by atoms with van der Waals surface area (Å²) in [5.74, 6) is 0.623. The number of halogens is 1. The predicted octanol–water partition coefficient (Wildman–Crippen LogP) is 3.50. The summed E-state index contributed by atoms with van der Waals surface area (Å²) in [4.78, 5) is 21.2. The van der Waals surface area contributed by atoms with Crippen molar-refractivity contribution in [3.63, 3.8) is 0 Å². The molecule has 28 heavy (non-hydrogen) atoms. The Kier molecular flexibility index (Phi) is 4.80. The smallest absolute Gasteiger partial charge is 0.260 e. The molecule has 4 rings (SSSR count). The van der Waals surface area contributed by atoms with Crippen LogP contribution in [0.1, 0.15) is 18.1 Å². The molecule has 0 saturated heterocycles. The van der Waals surface area contributed by atoms with E-state index < -0.39 is 5.92 Å². The Bertz CT molecular complexity index is 1030. The third-order valence-electron chi connectivity index (χ3n) is 4.52. The number of carbonyl (C=O) groups is 1. The lowest BCUT2D eigenvalue weighted by molar-refractivity contribution is -0.120. The first kappa shape index (κ1) is 18.5. The first-order valence-electron chi connectivity index (χ1n) is 8.72. The molecule has 0 spiro atoms. The standard InChI is InChI=1S/C20H17BrN2O5/c1-3-27-14-6-4-5-12(16(14)24)18-22-19(25)13-8-10-7-11(21)9-15(26-2)17(10)28-20(13)23-18/h4-7,9,13,24H,3,8H2,1-2H3. The van der Waals surface area contributed by atoms with Crippen molar-refractivity contribution in [2.24, 2.45) is 15.9 Å². The normalized spacial score (nSPS) is 17.7. The third kappa shape index (κ3) is 3.13. The highest BCUT2D eigenvalue weighted by molar-refractivity contribution is 9.10. The maximum Gasteiger partial charge on any atom is 0.260 e. The Balaban J connectivity index is 1.75. The molecule has 2 aliphatic heterocycles. The van der Waals surface area contributed by atoms with E-state index in [4.69, 9.17) is 14.2 Å². The number of phenolic OH excluding ortho intramolecular Hbond substituents is 1. The highest BCUT2D eigenvalue weighted by Gasteiger charge is 2.37. The fraction of sp³-hybridized carbons (Fsp3) is 0.250. The number of hydrogen-bond donors (Lipinski definition) is 1. The first-order valence-corrected chi connectivity index (χ1v) is 9.51. The van der Waals surface area contributed by atoms with E-state index in [1.165, 1.54) is 0 Å². The summed E-state index contributed by atoms with van der Waals surface area (Å²) in [5.41, 5.74) is 1.14. The van der Waals surface area contributed by atoms with Gasteiger partial charge in [-0.1, -0.05) is 22.0 Å². The molecule has 0 saturated carbocycles. The van der Waals surface area contributed by atoms with Crippen LogP contribution in [0.2, 0.25) is 0 Å². The molecular formula is C20H17BrN2O5. The van der Waals surface area contributed by atoms with Crippen LogP contribution in [-0.2, 0) is 11.2 Å². The average molecular weight is 445 g/mol. The SMILES string of the molecule is CCOc1cccc(C2=NC(=O)C3Cc4cc(Br)cc(OC)c4OC3=N2)c1O. The highest BCUT2D eigenvalue weighted by Crippen LogP contribution is 2.41. The Morgan fingerprint density at radius 2 is 2.11 bits per heavy atom. The number of amides is 1. The number of nitrogens with zero attached hydrogens (tertiary/aromatic N) is 2. The average Bonchev–Trinajstić information content (AvgIpc) is 2.68. The van der Waals surface area contributed by atoms with E-state index in [1.54, 1.807) is 31.4 Å². The predicted molar refractivity (Wildman–Crippen MR) is 107 cm³/mol. The molecule has 144 valence electrons. The van der Waals surface area contributed by atoms with E-state index in [9.17, 15) is 9.90 Å². The lowest BCUT2D eigenvalue weighted by Crippen LogP contribution is -2.37. The van der Waals surface area contributed by atoms with E-state index in [1.807, 2.05) is 13.0 Å². The van der Waals surface area contributed by atoms with E-state index in [-0.39, 0.29) is 23.4 Å². The van der Waals surface area contributed by atoms with Gasteiger partial charge in [0.2, 0.25) is 5.90 Å². The zero-order chi connectivity index (χ0) is 19.8. The summed E-state index contributed by atoms with van der Waals surface area (Å²) in [6.45, 7) is 2.21. The fourth-order valence-corrected chi connectivity index (χ4v) is 3.71. The summed E-state index contributed by atoms with van der Waals surface area (Å²) in [7, 11) is 1.55. The van der Waals surface area contributed by atoms with Gasteiger partial charge in [-0.25, -0.2) is 0 Å². The summed E-state index contributed by atoms with van der Waals surface area (Å²) < 4.78 is 17.6. The summed E-state index contributed by atoms with van der Waals surface area (Å²) in [6.07, 6.45) is 0.407. The minimum atomic E-state index is -0.604. The topological polar surface area (TPSA) is 89.7 Å². The largest absolute Gasteiger partial charge is 0.504 e. The Labute approximate surface area is 169 Å². The molecular weight excluding hydrogens is 428 g/mol. The van der Waals surface area contributed by atoms with Crippen molar-refractivity contribution in [3.8, 4) is 23.0 Å². The number of hydrogen-bond acceptors (Lipinski definition) is 6. The van der Waals surface area contributed by atoms with Gasteiger partial charge in [-0.2, -0.15) is 9.98 Å². The van der Waals surface area contributed by atoms with Gasteiger partial charge >= 0.3 is 0 Å². The molecule has 8 heteroatoms. The number of aromatic hydroxyl groups is 1. The molecule has 2 aromatic carbocycles. The van der Waals surface area contributed by atoms with Crippen LogP contribution in [0.25, 0.3) is 0 Å². The monoisotopic (exact) mass is 444 g/mol. The number of benzene rings is 2. The molecule has 7 nitrogen and oxygen atoms in total. The van der Waals surface area contributed by atoms with Crippen LogP contribution in [-0.4, -0.2) is 36.5 Å². The summed E-state index contributed by atoms with van der Waals surface area (Å²) in [6, 6.07) is 8.65. The quantitative estimate of drug-likeness (QED) is 0.778. The molecule has 0 radical (unpaired) electrons. The highest BCUT2D eigenvalue weighted by atomic mass is 79.9. The molecule has 1 atom stereocenters. The number of carbonyl (C=O) groups excluding carboxylic acids is 1. The van der Waals surface area contributed by atoms with Crippen LogP contribution < -0.4 is 14.2 Å². The van der Waals surface area contributed by atoms with Gasteiger partial charge in [0, 0.05) is 10.0 Å². The Morgan fingerprint density at radius 1 is 1.29 bits per heavy atom. The van der Waals surface area contributed by atoms with Crippen LogP contribution in [0, 0.1) is 5.92 Å². The van der Waals surface area contributed by atoms with E-state index in [0.717, 1.165) is 10.0 Å². The lowest BCUT2D eigenvalue weighted by atomic mass is 9.93. The number of fused-ring (bicyclic) bond motifs is 2. The van der Waals surface area contributed by atoms with Crippen molar-refractivity contribution in [1.29, 1.82) is 0 Å². The Hall–Kier alpha value is -2.87. The number of rotatable bonds is 4. The number of para-hydroxylation sites is 1. The molecule has 0 bridgehead atoms. The number of methoxy groups -OCH3 is 1. The number of phenols is 1. The van der Waals surface area contributed by atoms with Crippen molar-refractivity contribution >= 4 is 33.6 Å². The van der Waals surface area contributed by atoms with Gasteiger partial charge in [0.25, 0.3) is 5.91 Å². The summed E-state index contributed by atoms with van der Waals surface area (Å²) >= 11 is 3.43. The zero-order valence-electron chi connectivity index (χ0n) is 15.2. The van der Waals surface area contributed by atoms with Crippen LogP contribution >= 0.6 is 15.9 Å².